The van der Waals surface area contributed by atoms with E-state index >= 15 is 0 Å². The van der Waals surface area contributed by atoms with Gasteiger partial charge in [0.25, 0.3) is 10.0 Å². The Balaban J connectivity index is 2.55. The van der Waals surface area contributed by atoms with E-state index in [0.29, 0.717) is 13.0 Å². The first-order chi connectivity index (χ1) is 8.84. The lowest BCUT2D eigenvalue weighted by atomic mass is 10.1. The molecule has 0 atom stereocenters. The van der Waals surface area contributed by atoms with Crippen LogP contribution in [0.3, 0.4) is 0 Å². The van der Waals surface area contributed by atoms with Gasteiger partial charge in [-0.15, -0.1) is 0 Å². The van der Waals surface area contributed by atoms with Crippen molar-refractivity contribution in [2.75, 3.05) is 13.2 Å². The van der Waals surface area contributed by atoms with E-state index in [1.54, 1.807) is 0 Å². The molecule has 1 saturated heterocycles. The first-order valence-corrected chi connectivity index (χ1v) is 7.00. The number of carboxylic acid groups (broad SMARTS) is 1. The van der Waals surface area contributed by atoms with Crippen LogP contribution in [0.5, 0.6) is 5.75 Å². The first kappa shape index (κ1) is 13.8. The molecule has 1 fully saturated rings. The number of hydrogen-bond donors (Lipinski definition) is 2. The Bertz CT molecular complexity index is 618. The van der Waals surface area contributed by atoms with Crippen molar-refractivity contribution < 1.29 is 28.3 Å². The third-order valence-corrected chi connectivity index (χ3v) is 4.61. The van der Waals surface area contributed by atoms with Gasteiger partial charge in [0.1, 0.15) is 11.3 Å². The van der Waals surface area contributed by atoms with Gasteiger partial charge in [0.05, 0.1) is 11.5 Å². The van der Waals surface area contributed by atoms with Crippen molar-refractivity contribution in [2.45, 2.75) is 18.2 Å². The molecule has 1 aliphatic rings. The normalized spacial score (nSPS) is 16.7. The largest absolute Gasteiger partial charge is 0.507 e. The van der Waals surface area contributed by atoms with E-state index in [1.165, 1.54) is 6.92 Å². The van der Waals surface area contributed by atoms with Crippen molar-refractivity contribution in [2.24, 2.45) is 0 Å². The van der Waals surface area contributed by atoms with Crippen LogP contribution < -0.4 is 0 Å². The molecule has 0 radical (unpaired) electrons. The summed E-state index contributed by atoms with van der Waals surface area (Å²) in [5.74, 6) is -1.86. The van der Waals surface area contributed by atoms with Crippen LogP contribution in [0, 0.1) is 6.92 Å². The van der Waals surface area contributed by atoms with Crippen LogP contribution in [-0.2, 0) is 14.9 Å². The van der Waals surface area contributed by atoms with Crippen LogP contribution in [0.1, 0.15) is 22.3 Å². The average Bonchev–Trinajstić information content (AvgIpc) is 2.81. The third kappa shape index (κ3) is 2.42. The fourth-order valence-corrected chi connectivity index (χ4v) is 3.38. The number of benzene rings is 1. The number of sulfonamides is 1. The van der Waals surface area contributed by atoms with E-state index in [0.717, 1.165) is 16.6 Å². The van der Waals surface area contributed by atoms with Gasteiger partial charge in [-0.1, -0.05) is 4.47 Å². The van der Waals surface area contributed by atoms with Crippen LogP contribution in [-0.4, -0.2) is 42.2 Å². The number of carbonyl (C=O) groups is 1. The van der Waals surface area contributed by atoms with Gasteiger partial charge in [0.2, 0.25) is 0 Å². The van der Waals surface area contributed by atoms with Crippen molar-refractivity contribution in [3.05, 3.63) is 23.3 Å². The van der Waals surface area contributed by atoms with Crippen molar-refractivity contribution >= 4 is 16.0 Å². The number of hydrogen-bond acceptors (Lipinski definition) is 5. The fraction of sp³-hybridized carbons (Fsp3) is 0.364. The summed E-state index contributed by atoms with van der Waals surface area (Å²) in [5, 5.41) is 18.4. The van der Waals surface area contributed by atoms with E-state index in [1.807, 2.05) is 0 Å². The van der Waals surface area contributed by atoms with E-state index < -0.39 is 27.3 Å². The van der Waals surface area contributed by atoms with Crippen LogP contribution in [0.15, 0.2) is 17.0 Å². The Morgan fingerprint density at radius 1 is 1.42 bits per heavy atom. The van der Waals surface area contributed by atoms with Crippen LogP contribution >= 0.6 is 0 Å². The van der Waals surface area contributed by atoms with E-state index in [4.69, 9.17) is 9.94 Å². The maximum Gasteiger partial charge on any atom is 0.339 e. The molecular weight excluding hydrogens is 274 g/mol. The van der Waals surface area contributed by atoms with Gasteiger partial charge in [-0.3, -0.25) is 4.84 Å². The number of rotatable bonds is 3. The zero-order valence-corrected chi connectivity index (χ0v) is 11.0. The predicted octanol–water partition coefficient (Wildman–Crippen LogP) is 0.725. The van der Waals surface area contributed by atoms with Crippen molar-refractivity contribution in [1.29, 1.82) is 0 Å². The summed E-state index contributed by atoms with van der Waals surface area (Å²) in [6, 6.07) is 2.07. The lowest BCUT2D eigenvalue weighted by Gasteiger charge is -2.16. The average molecular weight is 287 g/mol. The van der Waals surface area contributed by atoms with E-state index in [-0.39, 0.29) is 17.0 Å². The number of aryl methyl sites for hydroxylation is 1. The molecule has 1 aromatic carbocycles. The molecule has 1 aliphatic heterocycles. The molecule has 0 aromatic heterocycles. The quantitative estimate of drug-likeness (QED) is 0.849. The number of carboxylic acids is 1. The zero-order valence-electron chi connectivity index (χ0n) is 10.2. The van der Waals surface area contributed by atoms with Crippen LogP contribution in [0.25, 0.3) is 0 Å². The summed E-state index contributed by atoms with van der Waals surface area (Å²) in [7, 11) is -3.91. The Morgan fingerprint density at radius 3 is 2.63 bits per heavy atom. The standard InChI is InChI=1S/C11H13NO6S/c1-7-5-9(13)8(11(14)15)6-10(7)19(16,17)12-3-2-4-18-12/h5-6,13H,2-4H2,1H3,(H,14,15). The highest BCUT2D eigenvalue weighted by Gasteiger charge is 2.31. The molecule has 0 unspecified atom stereocenters. The highest BCUT2D eigenvalue weighted by atomic mass is 32.2. The van der Waals surface area contributed by atoms with Crippen LogP contribution in [0.2, 0.25) is 0 Å². The predicted molar refractivity (Wildman–Crippen MR) is 64.3 cm³/mol. The molecule has 7 nitrogen and oxygen atoms in total. The molecule has 1 heterocycles. The van der Waals surface area contributed by atoms with Crippen molar-refractivity contribution in [3.63, 3.8) is 0 Å². The minimum atomic E-state index is -3.91. The van der Waals surface area contributed by atoms with Crippen molar-refractivity contribution in [1.82, 2.24) is 4.47 Å². The molecule has 0 bridgehead atoms. The molecule has 19 heavy (non-hydrogen) atoms. The van der Waals surface area contributed by atoms with E-state index in [9.17, 15) is 18.3 Å². The second-order valence-electron chi connectivity index (χ2n) is 4.16. The Hall–Kier alpha value is -1.64. The molecule has 0 amide bonds. The fourth-order valence-electron chi connectivity index (χ4n) is 1.85. The van der Waals surface area contributed by atoms with Gasteiger partial charge in [0, 0.05) is 6.54 Å². The summed E-state index contributed by atoms with van der Waals surface area (Å²) in [6.07, 6.45) is 0.585. The molecule has 8 heteroatoms. The molecule has 2 rings (SSSR count). The summed E-state index contributed by atoms with van der Waals surface area (Å²) in [6.45, 7) is 2.02. The highest BCUT2D eigenvalue weighted by molar-refractivity contribution is 7.89. The second-order valence-corrected chi connectivity index (χ2v) is 5.96. The SMILES string of the molecule is Cc1cc(O)c(C(=O)O)cc1S(=O)(=O)N1CCCO1. The Morgan fingerprint density at radius 2 is 2.11 bits per heavy atom. The van der Waals surface area contributed by atoms with Gasteiger partial charge in [-0.25, -0.2) is 13.2 Å². The molecular formula is C11H13NO6S. The summed E-state index contributed by atoms with van der Waals surface area (Å²) in [5.41, 5.74) is -0.193. The molecule has 104 valence electrons. The number of hydroxylamine groups is 1. The van der Waals surface area contributed by atoms with Gasteiger partial charge < -0.3 is 10.2 Å². The third-order valence-electron chi connectivity index (χ3n) is 2.79. The molecule has 1 aromatic rings. The number of nitrogens with zero attached hydrogens (tertiary/aromatic N) is 1. The number of aromatic carboxylic acids is 1. The molecule has 0 aliphatic carbocycles. The molecule has 2 N–H and O–H groups in total. The van der Waals surface area contributed by atoms with Gasteiger partial charge in [0.15, 0.2) is 0 Å². The van der Waals surface area contributed by atoms with E-state index in [2.05, 4.69) is 0 Å². The van der Waals surface area contributed by atoms with Gasteiger partial charge >= 0.3 is 5.97 Å². The summed E-state index contributed by atoms with van der Waals surface area (Å²) >= 11 is 0. The summed E-state index contributed by atoms with van der Waals surface area (Å²) < 4.78 is 25.4. The highest BCUT2D eigenvalue weighted by Crippen LogP contribution is 2.28. The zero-order chi connectivity index (χ0) is 14.2. The first-order valence-electron chi connectivity index (χ1n) is 5.56. The lowest BCUT2D eigenvalue weighted by Crippen LogP contribution is -2.27. The minimum Gasteiger partial charge on any atom is -0.507 e. The molecule has 0 saturated carbocycles. The number of aromatic hydroxyl groups is 1. The number of phenols is 1. The Kier molecular flexibility index (Phi) is 3.48. The summed E-state index contributed by atoms with van der Waals surface area (Å²) in [4.78, 5) is 15.8. The van der Waals surface area contributed by atoms with Crippen molar-refractivity contribution in [3.8, 4) is 5.75 Å². The smallest absolute Gasteiger partial charge is 0.339 e. The maximum atomic E-state index is 12.3. The van der Waals surface area contributed by atoms with Crippen LogP contribution in [0.4, 0.5) is 0 Å². The monoisotopic (exact) mass is 287 g/mol. The lowest BCUT2D eigenvalue weighted by molar-refractivity contribution is -0.0285. The topological polar surface area (TPSA) is 104 Å². The molecule has 0 spiro atoms. The second kappa shape index (κ2) is 4.80. The Labute approximate surface area is 110 Å². The van der Waals surface area contributed by atoms with Gasteiger partial charge in [-0.05, 0) is 31.0 Å². The van der Waals surface area contributed by atoms with Gasteiger partial charge in [-0.2, -0.15) is 0 Å². The maximum absolute atomic E-state index is 12.3. The minimum absolute atomic E-state index is 0.176.